The third-order valence-corrected chi connectivity index (χ3v) is 4.37. The first-order valence-corrected chi connectivity index (χ1v) is 5.88. The third-order valence-electron chi connectivity index (χ3n) is 4.37. The highest BCUT2D eigenvalue weighted by Gasteiger charge is 2.63. The van der Waals surface area contributed by atoms with Crippen LogP contribution in [0, 0.1) is 17.3 Å². The zero-order valence-corrected chi connectivity index (χ0v) is 9.33. The van der Waals surface area contributed by atoms with Crippen LogP contribution in [0.3, 0.4) is 0 Å². The first-order chi connectivity index (χ1) is 6.48. The molecule has 3 rings (SSSR count). The Morgan fingerprint density at radius 1 is 1.14 bits per heavy atom. The van der Waals surface area contributed by atoms with Crippen molar-refractivity contribution in [3.8, 4) is 0 Å². The maximum absolute atomic E-state index is 13.4. The molecule has 0 aromatic rings. The van der Waals surface area contributed by atoms with Gasteiger partial charge in [-0.3, -0.25) is 4.90 Å². The Hall–Kier alpha value is -0.110. The van der Waals surface area contributed by atoms with Crippen LogP contribution in [0.15, 0.2) is 0 Å². The first kappa shape index (κ1) is 9.14. The molecule has 3 aliphatic rings. The summed E-state index contributed by atoms with van der Waals surface area (Å²) in [7, 11) is 0. The molecule has 0 aromatic carbocycles. The second-order valence-electron chi connectivity index (χ2n) is 6.47. The summed E-state index contributed by atoms with van der Waals surface area (Å²) in [6.45, 7) is 7.63. The molecule has 3 fully saturated rings. The maximum Gasteiger partial charge on any atom is 0.114 e. The van der Waals surface area contributed by atoms with Gasteiger partial charge < -0.3 is 0 Å². The number of alkyl halides is 1. The molecular weight excluding hydrogens is 177 g/mol. The Bertz CT molecular complexity index is 258. The van der Waals surface area contributed by atoms with Gasteiger partial charge in [-0.25, -0.2) is 4.39 Å². The lowest BCUT2D eigenvalue weighted by Gasteiger charge is -2.37. The normalized spacial score (nSPS) is 51.9. The molecule has 1 nitrogen and oxygen atoms in total. The van der Waals surface area contributed by atoms with Crippen LogP contribution in [0.25, 0.3) is 0 Å². The van der Waals surface area contributed by atoms with E-state index in [1.807, 2.05) is 0 Å². The summed E-state index contributed by atoms with van der Waals surface area (Å²) in [5.41, 5.74) is 0.332. The lowest BCUT2D eigenvalue weighted by molar-refractivity contribution is 0.102. The third kappa shape index (κ3) is 1.09. The van der Waals surface area contributed by atoms with Crippen molar-refractivity contribution in [1.82, 2.24) is 4.90 Å². The summed E-state index contributed by atoms with van der Waals surface area (Å²) in [5, 5.41) is 0. The zero-order chi connectivity index (χ0) is 10.1. The van der Waals surface area contributed by atoms with Gasteiger partial charge >= 0.3 is 0 Å². The van der Waals surface area contributed by atoms with Gasteiger partial charge in [-0.05, 0) is 30.1 Å². The van der Waals surface area contributed by atoms with Gasteiger partial charge in [0, 0.05) is 18.6 Å². The second kappa shape index (κ2) is 2.52. The van der Waals surface area contributed by atoms with Crippen molar-refractivity contribution in [3.05, 3.63) is 0 Å². The fourth-order valence-electron chi connectivity index (χ4n) is 4.00. The SMILES string of the molecule is CC(C)(C)C1C2CC2C2CC(F)CN21. The van der Waals surface area contributed by atoms with E-state index in [-0.39, 0.29) is 0 Å². The minimum atomic E-state index is -0.550. The van der Waals surface area contributed by atoms with E-state index >= 15 is 0 Å². The van der Waals surface area contributed by atoms with E-state index in [2.05, 4.69) is 25.7 Å². The molecule has 2 heteroatoms. The van der Waals surface area contributed by atoms with E-state index in [9.17, 15) is 4.39 Å². The van der Waals surface area contributed by atoms with Gasteiger partial charge in [0.25, 0.3) is 0 Å². The highest BCUT2D eigenvalue weighted by Crippen LogP contribution is 2.60. The molecule has 1 aliphatic carbocycles. The molecule has 1 saturated carbocycles. The van der Waals surface area contributed by atoms with Gasteiger partial charge in [0.2, 0.25) is 0 Å². The lowest BCUT2D eigenvalue weighted by atomic mass is 9.83. The molecule has 0 spiro atoms. The predicted octanol–water partition coefficient (Wildman–Crippen LogP) is 2.46. The molecule has 0 amide bonds. The average Bonchev–Trinajstić information content (AvgIpc) is 2.57. The molecule has 0 bridgehead atoms. The Morgan fingerprint density at radius 2 is 1.86 bits per heavy atom. The monoisotopic (exact) mass is 197 g/mol. The minimum absolute atomic E-state index is 0.332. The average molecular weight is 197 g/mol. The van der Waals surface area contributed by atoms with Crippen LogP contribution in [0.1, 0.15) is 33.6 Å². The van der Waals surface area contributed by atoms with Crippen LogP contribution in [0.4, 0.5) is 4.39 Å². The molecule has 2 aliphatic heterocycles. The van der Waals surface area contributed by atoms with Crippen molar-refractivity contribution < 1.29 is 4.39 Å². The summed E-state index contributed by atoms with van der Waals surface area (Å²) in [5.74, 6) is 1.74. The minimum Gasteiger partial charge on any atom is -0.293 e. The quantitative estimate of drug-likeness (QED) is 0.576. The van der Waals surface area contributed by atoms with Crippen LogP contribution in [0.2, 0.25) is 0 Å². The molecular formula is C12H20FN. The highest BCUT2D eigenvalue weighted by atomic mass is 19.1. The van der Waals surface area contributed by atoms with E-state index in [1.54, 1.807) is 0 Å². The molecule has 2 heterocycles. The molecule has 0 aromatic heterocycles. The Balaban J connectivity index is 1.86. The highest BCUT2D eigenvalue weighted by molar-refractivity contribution is 5.15. The molecule has 14 heavy (non-hydrogen) atoms. The van der Waals surface area contributed by atoms with Crippen molar-refractivity contribution in [1.29, 1.82) is 0 Å². The van der Waals surface area contributed by atoms with Crippen LogP contribution in [-0.4, -0.2) is 29.7 Å². The summed E-state index contributed by atoms with van der Waals surface area (Å²) >= 11 is 0. The summed E-state index contributed by atoms with van der Waals surface area (Å²) < 4.78 is 13.4. The molecule has 0 N–H and O–H groups in total. The van der Waals surface area contributed by atoms with Gasteiger partial charge in [0.15, 0.2) is 0 Å². The van der Waals surface area contributed by atoms with Gasteiger partial charge in [0.05, 0.1) is 0 Å². The molecule has 2 saturated heterocycles. The van der Waals surface area contributed by atoms with Crippen LogP contribution >= 0.6 is 0 Å². The second-order valence-corrected chi connectivity index (χ2v) is 6.47. The number of piperidine rings is 1. The topological polar surface area (TPSA) is 3.24 Å². The largest absolute Gasteiger partial charge is 0.293 e. The number of hydrogen-bond acceptors (Lipinski definition) is 1. The van der Waals surface area contributed by atoms with Crippen molar-refractivity contribution in [2.24, 2.45) is 17.3 Å². The van der Waals surface area contributed by atoms with Gasteiger partial charge in [-0.1, -0.05) is 20.8 Å². The smallest absolute Gasteiger partial charge is 0.114 e. The van der Waals surface area contributed by atoms with E-state index in [0.29, 0.717) is 24.0 Å². The first-order valence-electron chi connectivity index (χ1n) is 5.88. The Labute approximate surface area is 85.7 Å². The van der Waals surface area contributed by atoms with E-state index < -0.39 is 6.17 Å². The predicted molar refractivity (Wildman–Crippen MR) is 54.8 cm³/mol. The van der Waals surface area contributed by atoms with Crippen molar-refractivity contribution in [3.63, 3.8) is 0 Å². The number of halogens is 1. The fraction of sp³-hybridized carbons (Fsp3) is 1.00. The maximum atomic E-state index is 13.4. The number of hydrogen-bond donors (Lipinski definition) is 0. The van der Waals surface area contributed by atoms with Crippen LogP contribution < -0.4 is 0 Å². The summed E-state index contributed by atoms with van der Waals surface area (Å²) in [6.07, 6.45) is 1.63. The molecule has 5 unspecified atom stereocenters. The Morgan fingerprint density at radius 3 is 2.50 bits per heavy atom. The van der Waals surface area contributed by atoms with Crippen LogP contribution in [-0.2, 0) is 0 Å². The number of fused-ring (bicyclic) bond motifs is 3. The van der Waals surface area contributed by atoms with E-state index in [4.69, 9.17) is 0 Å². The van der Waals surface area contributed by atoms with Crippen molar-refractivity contribution in [2.45, 2.75) is 51.9 Å². The van der Waals surface area contributed by atoms with E-state index in [1.165, 1.54) is 6.42 Å². The number of nitrogens with zero attached hydrogens (tertiary/aromatic N) is 1. The molecule has 5 atom stereocenters. The van der Waals surface area contributed by atoms with E-state index in [0.717, 1.165) is 18.3 Å². The molecule has 80 valence electrons. The molecule has 0 radical (unpaired) electrons. The van der Waals surface area contributed by atoms with Gasteiger partial charge in [-0.2, -0.15) is 0 Å². The van der Waals surface area contributed by atoms with Gasteiger partial charge in [0.1, 0.15) is 6.17 Å². The summed E-state index contributed by atoms with van der Waals surface area (Å²) in [6, 6.07) is 1.25. The number of rotatable bonds is 0. The van der Waals surface area contributed by atoms with Crippen molar-refractivity contribution in [2.75, 3.05) is 6.54 Å². The Kier molecular flexibility index (Phi) is 1.65. The fourth-order valence-corrected chi connectivity index (χ4v) is 4.00. The lowest BCUT2D eigenvalue weighted by Crippen LogP contribution is -2.44. The van der Waals surface area contributed by atoms with Gasteiger partial charge in [-0.15, -0.1) is 0 Å². The zero-order valence-electron chi connectivity index (χ0n) is 9.33. The standard InChI is InChI=1S/C12H20FN/c1-12(2,3)11-9-5-8(9)10-4-7(13)6-14(10)11/h7-11H,4-6H2,1-3H3. The van der Waals surface area contributed by atoms with Crippen LogP contribution in [0.5, 0.6) is 0 Å². The summed E-state index contributed by atoms with van der Waals surface area (Å²) in [4.78, 5) is 2.48. The van der Waals surface area contributed by atoms with Crippen molar-refractivity contribution >= 4 is 0 Å².